The van der Waals surface area contributed by atoms with Gasteiger partial charge in [-0.1, -0.05) is 15.9 Å². The van der Waals surface area contributed by atoms with E-state index in [-0.39, 0.29) is 45.2 Å². The molecule has 0 saturated heterocycles. The molecule has 0 heterocycles. The third-order valence-corrected chi connectivity index (χ3v) is 2.54. The van der Waals surface area contributed by atoms with Gasteiger partial charge in [-0.15, -0.1) is 12.4 Å². The molecule has 0 aromatic carbocycles. The molecule has 9 nitrogen and oxygen atoms in total. The lowest BCUT2D eigenvalue weighted by atomic mass is 10.2. The van der Waals surface area contributed by atoms with Gasteiger partial charge in [-0.2, -0.15) is 0 Å². The van der Waals surface area contributed by atoms with Crippen LogP contribution in [0.25, 0.3) is 0 Å². The van der Waals surface area contributed by atoms with Gasteiger partial charge in [0, 0.05) is 0 Å². The molecule has 0 aromatic rings. The highest BCUT2D eigenvalue weighted by molar-refractivity contribution is 9.10. The molecule has 3 amide bonds. The summed E-state index contributed by atoms with van der Waals surface area (Å²) in [4.78, 5) is 44.9. The van der Waals surface area contributed by atoms with Gasteiger partial charge in [0.2, 0.25) is 17.7 Å². The van der Waals surface area contributed by atoms with Gasteiger partial charge in [-0.25, -0.2) is 0 Å². The maximum Gasteiger partial charge on any atom is 0.322 e. The maximum atomic E-state index is 11.4. The summed E-state index contributed by atoms with van der Waals surface area (Å²) in [5, 5.41) is 7.05. The molecule has 0 fully saturated rings. The van der Waals surface area contributed by atoms with Gasteiger partial charge in [0.15, 0.2) is 0 Å². The number of carbonyl (C=O) groups excluding carboxylic acids is 4. The second-order valence-corrected chi connectivity index (χ2v) is 6.70. The summed E-state index contributed by atoms with van der Waals surface area (Å²) in [6.45, 7) is 2.75. The van der Waals surface area contributed by atoms with E-state index in [0.29, 0.717) is 0 Å². The van der Waals surface area contributed by atoms with E-state index < -0.39 is 28.0 Å². The minimum absolute atomic E-state index is 0. The van der Waals surface area contributed by atoms with Crippen LogP contribution >= 0.6 is 28.3 Å². The molecule has 0 radical (unpaired) electrons. The van der Waals surface area contributed by atoms with E-state index in [1.54, 1.807) is 13.8 Å². The van der Waals surface area contributed by atoms with Crippen LogP contribution in [0.4, 0.5) is 0 Å². The third-order valence-electron chi connectivity index (χ3n) is 2.22. The van der Waals surface area contributed by atoms with Crippen molar-refractivity contribution in [1.82, 2.24) is 16.0 Å². The quantitative estimate of drug-likeness (QED) is 0.203. The van der Waals surface area contributed by atoms with Crippen LogP contribution in [0.5, 0.6) is 0 Å². The molecule has 0 rings (SSSR count). The first-order valence-corrected chi connectivity index (χ1v) is 7.32. The molecule has 0 bridgehead atoms. The summed E-state index contributed by atoms with van der Waals surface area (Å²) in [7, 11) is 0. The summed E-state index contributed by atoms with van der Waals surface area (Å²) in [6, 6.07) is 0. The Bertz CT molecular complexity index is 428. The number of ether oxygens (including phenoxy) is 1. The number of hydrogen-bond donors (Lipinski definition) is 4. The van der Waals surface area contributed by atoms with E-state index in [1.165, 1.54) is 0 Å². The summed E-state index contributed by atoms with van der Waals surface area (Å²) < 4.78 is 4.13. The number of amides is 3. The number of hydrogen-bond acceptors (Lipinski definition) is 6. The lowest BCUT2D eigenvalue weighted by Crippen LogP contribution is -2.43. The van der Waals surface area contributed by atoms with Crippen LogP contribution in [0.1, 0.15) is 13.8 Å². The Morgan fingerprint density at radius 2 is 1.48 bits per heavy atom. The Morgan fingerprint density at radius 1 is 1.00 bits per heavy atom. The average molecular weight is 418 g/mol. The highest BCUT2D eigenvalue weighted by Gasteiger charge is 2.25. The number of esters is 1. The van der Waals surface area contributed by atoms with Crippen molar-refractivity contribution in [2.45, 2.75) is 18.2 Å². The van der Waals surface area contributed by atoms with Crippen LogP contribution in [0, 0.1) is 0 Å². The van der Waals surface area contributed by atoms with Crippen LogP contribution in [0.3, 0.4) is 0 Å². The second kappa shape index (κ2) is 12.1. The van der Waals surface area contributed by atoms with Gasteiger partial charge >= 0.3 is 5.97 Å². The van der Waals surface area contributed by atoms with Crippen molar-refractivity contribution < 1.29 is 23.9 Å². The first-order valence-electron chi connectivity index (χ1n) is 6.53. The zero-order valence-electron chi connectivity index (χ0n) is 12.9. The zero-order chi connectivity index (χ0) is 17.2. The highest BCUT2D eigenvalue weighted by atomic mass is 79.9. The van der Waals surface area contributed by atoms with Gasteiger partial charge in [0.05, 0.1) is 26.2 Å². The normalized spacial score (nSPS) is 10.1. The fourth-order valence-electron chi connectivity index (χ4n) is 1.06. The molecule has 0 atom stereocenters. The molecule has 5 N–H and O–H groups in total. The van der Waals surface area contributed by atoms with Crippen molar-refractivity contribution >= 4 is 52.0 Å². The largest absolute Gasteiger partial charge is 0.463 e. The van der Waals surface area contributed by atoms with Gasteiger partial charge in [-0.05, 0) is 13.8 Å². The summed E-state index contributed by atoms with van der Waals surface area (Å²) in [6.07, 6.45) is 0. The molecule has 134 valence electrons. The van der Waals surface area contributed by atoms with Crippen molar-refractivity contribution in [3.8, 4) is 0 Å². The molecule has 0 aromatic heterocycles. The monoisotopic (exact) mass is 416 g/mol. The molecule has 0 aliphatic heterocycles. The first-order chi connectivity index (χ1) is 10.2. The van der Waals surface area contributed by atoms with Gasteiger partial charge in [-0.3, -0.25) is 19.2 Å². The first kappa shape index (κ1) is 23.9. The minimum Gasteiger partial charge on any atom is -0.463 e. The van der Waals surface area contributed by atoms with E-state index in [0.717, 1.165) is 0 Å². The van der Waals surface area contributed by atoms with Crippen molar-refractivity contribution in [3.63, 3.8) is 0 Å². The van der Waals surface area contributed by atoms with Crippen molar-refractivity contribution in [3.05, 3.63) is 0 Å². The SMILES string of the molecule is CC(C)(Br)C(=O)OCCNC(=O)CNC(=O)CNC(=O)CN.Cl. The Balaban J connectivity index is 0. The highest BCUT2D eigenvalue weighted by Crippen LogP contribution is 2.16. The summed E-state index contributed by atoms with van der Waals surface area (Å²) in [5.41, 5.74) is 5.05. The number of alkyl halides is 1. The number of carbonyl (C=O) groups is 4. The molecule has 0 aliphatic rings. The number of rotatable bonds is 9. The van der Waals surface area contributed by atoms with E-state index in [2.05, 4.69) is 31.9 Å². The molecular weight excluding hydrogens is 396 g/mol. The van der Waals surface area contributed by atoms with Crippen LogP contribution in [0.2, 0.25) is 0 Å². The average Bonchev–Trinajstić information content (AvgIpc) is 2.45. The fraction of sp³-hybridized carbons (Fsp3) is 0.667. The fourth-order valence-corrected chi connectivity index (χ4v) is 1.18. The van der Waals surface area contributed by atoms with E-state index in [1.807, 2.05) is 0 Å². The Labute approximate surface area is 149 Å². The number of nitrogens with two attached hydrogens (primary N) is 1. The van der Waals surface area contributed by atoms with E-state index in [9.17, 15) is 19.2 Å². The molecular formula is C12H22BrClN4O5. The summed E-state index contributed by atoms with van der Waals surface area (Å²) >= 11 is 3.15. The Hall–Kier alpha value is -1.39. The Morgan fingerprint density at radius 3 is 1.96 bits per heavy atom. The molecule has 0 saturated carbocycles. The van der Waals surface area contributed by atoms with Crippen molar-refractivity contribution in [1.29, 1.82) is 0 Å². The summed E-state index contributed by atoms with van der Waals surface area (Å²) in [5.74, 6) is -1.85. The smallest absolute Gasteiger partial charge is 0.322 e. The number of halogens is 2. The van der Waals surface area contributed by atoms with Crippen molar-refractivity contribution in [2.24, 2.45) is 5.73 Å². The molecule has 0 spiro atoms. The van der Waals surface area contributed by atoms with Crippen LogP contribution < -0.4 is 21.7 Å². The molecule has 0 aliphatic carbocycles. The lowest BCUT2D eigenvalue weighted by molar-refractivity contribution is -0.145. The topological polar surface area (TPSA) is 140 Å². The van der Waals surface area contributed by atoms with Crippen LogP contribution in [-0.2, 0) is 23.9 Å². The molecule has 0 unspecified atom stereocenters. The standard InChI is InChI=1S/C12H21BrN4O5.ClH/c1-12(2,13)11(21)22-4-3-15-9(19)6-17-10(20)7-16-8(18)5-14;/h3-7,14H2,1-2H3,(H,15,19)(H,16,18)(H,17,20);1H. The van der Waals surface area contributed by atoms with Crippen LogP contribution in [-0.4, -0.2) is 60.8 Å². The van der Waals surface area contributed by atoms with Crippen molar-refractivity contribution in [2.75, 3.05) is 32.8 Å². The molecule has 23 heavy (non-hydrogen) atoms. The van der Waals surface area contributed by atoms with Gasteiger partial charge in [0.25, 0.3) is 0 Å². The second-order valence-electron chi connectivity index (χ2n) is 4.72. The maximum absolute atomic E-state index is 11.4. The van der Waals surface area contributed by atoms with E-state index in [4.69, 9.17) is 10.5 Å². The van der Waals surface area contributed by atoms with Gasteiger partial charge in [0.1, 0.15) is 10.9 Å². The van der Waals surface area contributed by atoms with Gasteiger partial charge < -0.3 is 26.4 Å². The predicted octanol–water partition coefficient (Wildman–Crippen LogP) is -1.57. The third kappa shape index (κ3) is 12.8. The molecule has 11 heteroatoms. The Kier molecular flexibility index (Phi) is 12.5. The lowest BCUT2D eigenvalue weighted by Gasteiger charge is -2.15. The number of nitrogens with one attached hydrogen (secondary N) is 3. The van der Waals surface area contributed by atoms with E-state index >= 15 is 0 Å². The predicted molar refractivity (Wildman–Crippen MR) is 89.3 cm³/mol. The zero-order valence-corrected chi connectivity index (χ0v) is 15.3. The van der Waals surface area contributed by atoms with Crippen LogP contribution in [0.15, 0.2) is 0 Å². The minimum atomic E-state index is -0.779.